The second kappa shape index (κ2) is 6.32. The number of nitrogens with zero attached hydrogens (tertiary/aromatic N) is 2. The summed E-state index contributed by atoms with van der Waals surface area (Å²) in [6.45, 7) is 6.05. The highest BCUT2D eigenvalue weighted by Crippen LogP contribution is 2.37. The molecule has 1 fully saturated rings. The van der Waals surface area contributed by atoms with Crippen molar-refractivity contribution in [2.24, 2.45) is 11.8 Å². The lowest BCUT2D eigenvalue weighted by Gasteiger charge is -2.29. The molecule has 1 aromatic carbocycles. The first-order chi connectivity index (χ1) is 11.0. The minimum absolute atomic E-state index is 0.0118. The fourth-order valence-corrected chi connectivity index (χ4v) is 2.87. The number of aliphatic hydroxyl groups excluding tert-OH is 1. The van der Waals surface area contributed by atoms with Crippen LogP contribution < -0.4 is 5.32 Å². The number of imidazole rings is 1. The summed E-state index contributed by atoms with van der Waals surface area (Å²) in [7, 11) is 0. The number of fused-ring (bicyclic) bond motifs is 1. The van der Waals surface area contributed by atoms with Gasteiger partial charge in [0.15, 0.2) is 0 Å². The Morgan fingerprint density at radius 1 is 1.39 bits per heavy atom. The topological polar surface area (TPSA) is 67.2 Å². The standard InChI is InChI=1S/C18H25N3O2/c1-11(2)12(3)17(23)20-18-19-15-8-7-13(10-22)9-16(15)21(18)14-5-4-6-14/h7-9,11-12,14,22H,4-6,10H2,1-3H3,(H,19,20,23). The monoisotopic (exact) mass is 315 g/mol. The van der Waals surface area contributed by atoms with E-state index in [-0.39, 0.29) is 24.3 Å². The van der Waals surface area contributed by atoms with E-state index < -0.39 is 0 Å². The second-order valence-electron chi connectivity index (χ2n) is 6.89. The van der Waals surface area contributed by atoms with Crippen LogP contribution in [0.2, 0.25) is 0 Å². The van der Waals surface area contributed by atoms with Gasteiger partial charge in [-0.3, -0.25) is 10.1 Å². The molecule has 1 amide bonds. The number of benzene rings is 1. The second-order valence-corrected chi connectivity index (χ2v) is 6.89. The molecule has 1 aromatic heterocycles. The van der Waals surface area contributed by atoms with Gasteiger partial charge in [-0.25, -0.2) is 4.98 Å². The van der Waals surface area contributed by atoms with Gasteiger partial charge < -0.3 is 9.67 Å². The summed E-state index contributed by atoms with van der Waals surface area (Å²) in [4.78, 5) is 17.1. The minimum Gasteiger partial charge on any atom is -0.392 e. The zero-order chi connectivity index (χ0) is 16.6. The third-order valence-electron chi connectivity index (χ3n) is 5.02. The van der Waals surface area contributed by atoms with Gasteiger partial charge in [-0.15, -0.1) is 0 Å². The third kappa shape index (κ3) is 2.98. The molecular weight excluding hydrogens is 290 g/mol. The van der Waals surface area contributed by atoms with Crippen molar-refractivity contribution in [2.45, 2.75) is 52.7 Å². The van der Waals surface area contributed by atoms with E-state index in [1.54, 1.807) is 0 Å². The van der Waals surface area contributed by atoms with Crippen LogP contribution in [0.4, 0.5) is 5.95 Å². The molecule has 1 aliphatic carbocycles. The Balaban J connectivity index is 2.00. The maximum atomic E-state index is 12.4. The zero-order valence-corrected chi connectivity index (χ0v) is 14.0. The van der Waals surface area contributed by atoms with E-state index in [0.29, 0.717) is 12.0 Å². The van der Waals surface area contributed by atoms with Gasteiger partial charge in [0.2, 0.25) is 11.9 Å². The first kappa shape index (κ1) is 16.0. The molecule has 1 saturated carbocycles. The number of carbonyl (C=O) groups is 1. The Bertz CT molecular complexity index is 716. The highest BCUT2D eigenvalue weighted by Gasteiger charge is 2.27. The molecule has 23 heavy (non-hydrogen) atoms. The minimum atomic E-state index is -0.0577. The summed E-state index contributed by atoms with van der Waals surface area (Å²) >= 11 is 0. The van der Waals surface area contributed by atoms with Crippen molar-refractivity contribution < 1.29 is 9.90 Å². The lowest BCUT2D eigenvalue weighted by Crippen LogP contribution is -2.27. The SMILES string of the molecule is CC(C)C(C)C(=O)Nc1nc2ccc(CO)cc2n1C1CCC1. The molecule has 0 saturated heterocycles. The molecule has 2 N–H and O–H groups in total. The molecule has 2 aromatic rings. The maximum Gasteiger partial charge on any atom is 0.229 e. The number of nitrogens with one attached hydrogen (secondary N) is 1. The van der Waals surface area contributed by atoms with Crippen molar-refractivity contribution in [2.75, 3.05) is 5.32 Å². The first-order valence-electron chi connectivity index (χ1n) is 8.44. The molecule has 5 heteroatoms. The average Bonchev–Trinajstić information content (AvgIpc) is 2.82. The summed E-state index contributed by atoms with van der Waals surface area (Å²) in [6, 6.07) is 6.15. The van der Waals surface area contributed by atoms with Gasteiger partial charge in [-0.2, -0.15) is 0 Å². The first-order valence-corrected chi connectivity index (χ1v) is 8.44. The molecule has 124 valence electrons. The molecule has 0 aliphatic heterocycles. The molecule has 1 aliphatic rings. The van der Waals surface area contributed by atoms with Gasteiger partial charge in [0.25, 0.3) is 0 Å². The van der Waals surface area contributed by atoms with E-state index in [2.05, 4.69) is 14.9 Å². The fraction of sp³-hybridized carbons (Fsp3) is 0.556. The number of anilines is 1. The largest absolute Gasteiger partial charge is 0.392 e. The summed E-state index contributed by atoms with van der Waals surface area (Å²) in [5.74, 6) is 0.880. The summed E-state index contributed by atoms with van der Waals surface area (Å²) in [5.41, 5.74) is 2.72. The molecule has 0 spiro atoms. The van der Waals surface area contributed by atoms with E-state index in [0.717, 1.165) is 29.4 Å². The van der Waals surface area contributed by atoms with E-state index in [9.17, 15) is 9.90 Å². The third-order valence-corrected chi connectivity index (χ3v) is 5.02. The number of amides is 1. The lowest BCUT2D eigenvalue weighted by molar-refractivity contribution is -0.120. The van der Waals surface area contributed by atoms with Crippen LogP contribution in [-0.4, -0.2) is 20.6 Å². The van der Waals surface area contributed by atoms with Crippen LogP contribution in [0.5, 0.6) is 0 Å². The normalized spacial score (nSPS) is 16.6. The van der Waals surface area contributed by atoms with Crippen LogP contribution in [0.15, 0.2) is 18.2 Å². The van der Waals surface area contributed by atoms with Gasteiger partial charge in [-0.1, -0.05) is 26.8 Å². The summed E-state index contributed by atoms with van der Waals surface area (Å²) < 4.78 is 2.14. The van der Waals surface area contributed by atoms with Crippen LogP contribution in [0, 0.1) is 11.8 Å². The fourth-order valence-electron chi connectivity index (χ4n) is 2.87. The number of carbonyl (C=O) groups excluding carboxylic acids is 1. The van der Waals surface area contributed by atoms with Gasteiger partial charge in [-0.05, 0) is 42.9 Å². The number of aromatic nitrogens is 2. The van der Waals surface area contributed by atoms with Gasteiger partial charge in [0.1, 0.15) is 0 Å². The lowest BCUT2D eigenvalue weighted by atomic mass is 9.92. The van der Waals surface area contributed by atoms with Crippen molar-refractivity contribution >= 4 is 22.9 Å². The van der Waals surface area contributed by atoms with Crippen LogP contribution in [0.1, 0.15) is 51.6 Å². The Morgan fingerprint density at radius 3 is 2.70 bits per heavy atom. The quantitative estimate of drug-likeness (QED) is 0.887. The molecule has 1 heterocycles. The van der Waals surface area contributed by atoms with E-state index >= 15 is 0 Å². The Kier molecular flexibility index (Phi) is 4.39. The Morgan fingerprint density at radius 2 is 2.13 bits per heavy atom. The average molecular weight is 315 g/mol. The van der Waals surface area contributed by atoms with Crippen LogP contribution in [-0.2, 0) is 11.4 Å². The molecule has 5 nitrogen and oxygen atoms in total. The van der Waals surface area contributed by atoms with Crippen LogP contribution in [0.25, 0.3) is 11.0 Å². The van der Waals surface area contributed by atoms with E-state index in [1.165, 1.54) is 6.42 Å². The molecular formula is C18H25N3O2. The molecule has 1 unspecified atom stereocenters. The van der Waals surface area contributed by atoms with Crippen LogP contribution in [0.3, 0.4) is 0 Å². The van der Waals surface area contributed by atoms with Gasteiger partial charge in [0.05, 0.1) is 17.6 Å². The number of hydrogen-bond donors (Lipinski definition) is 2. The van der Waals surface area contributed by atoms with Crippen molar-refractivity contribution in [3.63, 3.8) is 0 Å². The predicted molar refractivity (Wildman–Crippen MR) is 91.2 cm³/mol. The van der Waals surface area contributed by atoms with Crippen molar-refractivity contribution in [3.8, 4) is 0 Å². The number of hydrogen-bond acceptors (Lipinski definition) is 3. The van der Waals surface area contributed by atoms with E-state index in [1.807, 2.05) is 39.0 Å². The van der Waals surface area contributed by atoms with Crippen molar-refractivity contribution in [1.29, 1.82) is 0 Å². The Labute approximate surface area is 136 Å². The molecule has 3 rings (SSSR count). The van der Waals surface area contributed by atoms with Crippen molar-refractivity contribution in [1.82, 2.24) is 9.55 Å². The number of aliphatic hydroxyl groups is 1. The summed E-state index contributed by atoms with van der Waals surface area (Å²) in [5, 5.41) is 12.4. The maximum absolute atomic E-state index is 12.4. The summed E-state index contributed by atoms with van der Waals surface area (Å²) in [6.07, 6.45) is 3.43. The van der Waals surface area contributed by atoms with Crippen molar-refractivity contribution in [3.05, 3.63) is 23.8 Å². The smallest absolute Gasteiger partial charge is 0.229 e. The van der Waals surface area contributed by atoms with E-state index in [4.69, 9.17) is 0 Å². The molecule has 1 atom stereocenters. The zero-order valence-electron chi connectivity index (χ0n) is 14.0. The highest BCUT2D eigenvalue weighted by molar-refractivity contribution is 5.93. The van der Waals surface area contributed by atoms with Crippen LogP contribution >= 0.6 is 0 Å². The van der Waals surface area contributed by atoms with Gasteiger partial charge in [0, 0.05) is 12.0 Å². The van der Waals surface area contributed by atoms with Gasteiger partial charge >= 0.3 is 0 Å². The molecule has 0 radical (unpaired) electrons. The number of rotatable bonds is 5. The highest BCUT2D eigenvalue weighted by atomic mass is 16.3. The predicted octanol–water partition coefficient (Wildman–Crippen LogP) is 3.48. The molecule has 0 bridgehead atoms. The Hall–Kier alpha value is -1.88.